The fourth-order valence-electron chi connectivity index (χ4n) is 4.06. The SMILES string of the molecule is CN1C(=O)c2c(Cl)c(Cl)c(Cl)c(Cl)c2C1=Nc1ccc(N=C2c3c(Cl)c(Cl)c(Cl)c(Cl)c3C(=O)N2C)cc1. The number of fused-ring (bicyclic) bond motifs is 2. The minimum absolute atomic E-state index is 0.0000405. The first kappa shape index (κ1) is 27.8. The minimum atomic E-state index is -0.422. The van der Waals surface area contributed by atoms with Crippen LogP contribution in [-0.2, 0) is 0 Å². The van der Waals surface area contributed by atoms with Crippen molar-refractivity contribution < 1.29 is 9.59 Å². The van der Waals surface area contributed by atoms with Gasteiger partial charge in [0.15, 0.2) is 0 Å². The van der Waals surface area contributed by atoms with Crippen molar-refractivity contribution in [2.24, 2.45) is 9.98 Å². The van der Waals surface area contributed by atoms with Crippen LogP contribution in [0.3, 0.4) is 0 Å². The van der Waals surface area contributed by atoms with Crippen LogP contribution in [0.2, 0.25) is 40.2 Å². The van der Waals surface area contributed by atoms with Crippen molar-refractivity contribution in [1.29, 1.82) is 0 Å². The van der Waals surface area contributed by atoms with Crippen molar-refractivity contribution in [3.63, 3.8) is 0 Å². The van der Waals surface area contributed by atoms with E-state index < -0.39 is 11.8 Å². The second-order valence-electron chi connectivity index (χ2n) is 8.13. The zero-order valence-corrected chi connectivity index (χ0v) is 25.0. The molecule has 194 valence electrons. The number of aliphatic imine (C=N–C) groups is 2. The van der Waals surface area contributed by atoms with Crippen LogP contribution in [0.25, 0.3) is 0 Å². The number of carbonyl (C=O) groups excluding carboxylic acids is 2. The van der Waals surface area contributed by atoms with E-state index in [1.54, 1.807) is 24.3 Å². The molecule has 3 aromatic rings. The highest BCUT2D eigenvalue weighted by Crippen LogP contribution is 2.46. The van der Waals surface area contributed by atoms with Gasteiger partial charge in [0.25, 0.3) is 11.8 Å². The summed E-state index contributed by atoms with van der Waals surface area (Å²) < 4.78 is 0. The highest BCUT2D eigenvalue weighted by Gasteiger charge is 2.39. The van der Waals surface area contributed by atoms with Gasteiger partial charge in [-0.1, -0.05) is 92.8 Å². The van der Waals surface area contributed by atoms with E-state index in [9.17, 15) is 9.59 Å². The molecule has 14 heteroatoms. The van der Waals surface area contributed by atoms with Crippen LogP contribution in [0.4, 0.5) is 11.4 Å². The van der Waals surface area contributed by atoms with Gasteiger partial charge in [0.05, 0.1) is 73.8 Å². The van der Waals surface area contributed by atoms with Gasteiger partial charge >= 0.3 is 0 Å². The van der Waals surface area contributed by atoms with Crippen molar-refractivity contribution in [3.8, 4) is 0 Å². The van der Waals surface area contributed by atoms with Gasteiger partial charge in [-0.2, -0.15) is 0 Å². The fraction of sp³-hybridized carbons (Fsp3) is 0.0833. The van der Waals surface area contributed by atoms with Crippen molar-refractivity contribution >= 4 is 128 Å². The number of carbonyl (C=O) groups is 2. The average molecular weight is 670 g/mol. The maximum absolute atomic E-state index is 12.8. The van der Waals surface area contributed by atoms with Crippen LogP contribution in [0.15, 0.2) is 34.3 Å². The summed E-state index contributed by atoms with van der Waals surface area (Å²) in [5, 5.41) is 0.162. The van der Waals surface area contributed by atoms with Crippen molar-refractivity contribution in [2.75, 3.05) is 14.1 Å². The first-order chi connectivity index (χ1) is 17.9. The summed E-state index contributed by atoms with van der Waals surface area (Å²) in [7, 11) is 3.07. The van der Waals surface area contributed by atoms with Crippen LogP contribution >= 0.6 is 92.8 Å². The normalized spacial score (nSPS) is 16.8. The lowest BCUT2D eigenvalue weighted by Crippen LogP contribution is -2.25. The summed E-state index contributed by atoms with van der Waals surface area (Å²) in [4.78, 5) is 37.5. The summed E-state index contributed by atoms with van der Waals surface area (Å²) in [5.41, 5.74) is 1.76. The Kier molecular flexibility index (Phi) is 7.34. The van der Waals surface area contributed by atoms with E-state index in [4.69, 9.17) is 92.8 Å². The van der Waals surface area contributed by atoms with Gasteiger partial charge in [-0.05, 0) is 24.3 Å². The van der Waals surface area contributed by atoms with Crippen LogP contribution < -0.4 is 0 Å². The fourth-order valence-corrected chi connectivity index (χ4v) is 6.09. The third-order valence-electron chi connectivity index (χ3n) is 5.97. The van der Waals surface area contributed by atoms with Gasteiger partial charge < -0.3 is 0 Å². The molecule has 6 nitrogen and oxygen atoms in total. The number of hydrogen-bond acceptors (Lipinski definition) is 4. The van der Waals surface area contributed by atoms with Gasteiger partial charge in [-0.25, -0.2) is 9.98 Å². The number of benzene rings is 3. The molecule has 5 rings (SSSR count). The molecule has 0 unspecified atom stereocenters. The molecule has 2 aliphatic rings. The first-order valence-electron chi connectivity index (χ1n) is 10.4. The molecule has 3 aromatic carbocycles. The second-order valence-corrected chi connectivity index (χ2v) is 11.2. The number of rotatable bonds is 2. The molecule has 0 fully saturated rings. The highest BCUT2D eigenvalue weighted by molar-refractivity contribution is 6.56. The number of amidine groups is 2. The standard InChI is InChI=1S/C24H10Cl8N4O2/c1-35-21(9-11(23(35)37)15(27)19(31)17(29)13(9)25)33-7-3-5-8(6-4-7)34-22-10-12(24(38)36(22)2)16(28)20(32)18(30)14(10)26/h3-6H,1-2H3. The Morgan fingerprint density at radius 3 is 1.03 bits per heavy atom. The van der Waals surface area contributed by atoms with E-state index >= 15 is 0 Å². The van der Waals surface area contributed by atoms with Gasteiger partial charge in [-0.15, -0.1) is 0 Å². The minimum Gasteiger partial charge on any atom is -0.295 e. The van der Waals surface area contributed by atoms with Crippen molar-refractivity contribution in [2.45, 2.75) is 0 Å². The van der Waals surface area contributed by atoms with E-state index in [0.717, 1.165) is 0 Å². The lowest BCUT2D eigenvalue weighted by atomic mass is 10.1. The smallest absolute Gasteiger partial charge is 0.261 e. The molecule has 2 heterocycles. The molecule has 0 aromatic heterocycles. The zero-order chi connectivity index (χ0) is 27.8. The predicted molar refractivity (Wildman–Crippen MR) is 156 cm³/mol. The summed E-state index contributed by atoms with van der Waals surface area (Å²) in [5.74, 6) is -0.349. The Morgan fingerprint density at radius 1 is 0.474 bits per heavy atom. The Bertz CT molecular complexity index is 1550. The number of nitrogens with zero attached hydrogens (tertiary/aromatic N) is 4. The Morgan fingerprint density at radius 2 is 0.737 bits per heavy atom. The Hall–Kier alpha value is -1.74. The molecule has 0 saturated heterocycles. The number of amides is 2. The van der Waals surface area contributed by atoms with Crippen molar-refractivity contribution in [1.82, 2.24) is 9.80 Å². The molecular weight excluding hydrogens is 660 g/mol. The third kappa shape index (κ3) is 4.09. The molecule has 0 bridgehead atoms. The molecule has 0 N–H and O–H groups in total. The van der Waals surface area contributed by atoms with E-state index in [1.165, 1.54) is 23.9 Å². The largest absolute Gasteiger partial charge is 0.295 e. The summed E-state index contributed by atoms with van der Waals surface area (Å²) in [6.45, 7) is 0. The summed E-state index contributed by atoms with van der Waals surface area (Å²) in [6, 6.07) is 6.65. The highest BCUT2D eigenvalue weighted by atomic mass is 35.5. The van der Waals surface area contributed by atoms with Gasteiger partial charge in [0.2, 0.25) is 0 Å². The van der Waals surface area contributed by atoms with E-state index in [-0.39, 0.29) is 74.1 Å². The first-order valence-corrected chi connectivity index (χ1v) is 13.4. The number of hydrogen-bond donors (Lipinski definition) is 0. The molecule has 0 saturated carbocycles. The molecule has 2 amide bonds. The van der Waals surface area contributed by atoms with Gasteiger partial charge in [0, 0.05) is 14.1 Å². The maximum atomic E-state index is 12.8. The summed E-state index contributed by atoms with van der Waals surface area (Å²) in [6.07, 6.45) is 0. The second kappa shape index (κ2) is 10.0. The van der Waals surface area contributed by atoms with Crippen molar-refractivity contribution in [3.05, 3.63) is 86.7 Å². The van der Waals surface area contributed by atoms with Crippen LogP contribution in [0.5, 0.6) is 0 Å². The van der Waals surface area contributed by atoms with E-state index in [2.05, 4.69) is 9.98 Å². The zero-order valence-electron chi connectivity index (χ0n) is 18.9. The lowest BCUT2D eigenvalue weighted by Gasteiger charge is -2.12. The topological polar surface area (TPSA) is 65.3 Å². The molecule has 0 radical (unpaired) electrons. The van der Waals surface area contributed by atoms with Crippen LogP contribution in [-0.4, -0.2) is 47.4 Å². The van der Waals surface area contributed by atoms with Gasteiger partial charge in [-0.3, -0.25) is 19.4 Å². The number of halogens is 8. The average Bonchev–Trinajstić information content (AvgIpc) is 3.29. The molecular formula is C24H10Cl8N4O2. The monoisotopic (exact) mass is 666 g/mol. The Balaban J connectivity index is 1.57. The van der Waals surface area contributed by atoms with E-state index in [1.807, 2.05) is 0 Å². The molecule has 0 spiro atoms. The third-order valence-corrected chi connectivity index (χ3v) is 9.58. The quantitative estimate of drug-likeness (QED) is 0.202. The van der Waals surface area contributed by atoms with Crippen LogP contribution in [0, 0.1) is 0 Å². The van der Waals surface area contributed by atoms with Gasteiger partial charge in [0.1, 0.15) is 11.7 Å². The molecule has 0 atom stereocenters. The molecule has 0 aliphatic carbocycles. The summed E-state index contributed by atoms with van der Waals surface area (Å²) >= 11 is 50.1. The lowest BCUT2D eigenvalue weighted by molar-refractivity contribution is 0.0874. The molecule has 2 aliphatic heterocycles. The molecule has 38 heavy (non-hydrogen) atoms. The maximum Gasteiger partial charge on any atom is 0.261 e. The van der Waals surface area contributed by atoms with E-state index in [0.29, 0.717) is 11.4 Å². The van der Waals surface area contributed by atoms with Crippen LogP contribution in [0.1, 0.15) is 31.8 Å². The predicted octanol–water partition coefficient (Wildman–Crippen LogP) is 9.24. The Labute approximate surface area is 256 Å².